The van der Waals surface area contributed by atoms with E-state index < -0.39 is 0 Å². The van der Waals surface area contributed by atoms with Crippen LogP contribution in [-0.4, -0.2) is 29.9 Å². The Morgan fingerprint density at radius 1 is 0.933 bits per heavy atom. The monoisotopic (exact) mass is 410 g/mol. The number of nitrogens with one attached hydrogen (secondary N) is 2. The minimum absolute atomic E-state index is 0.903. The maximum atomic E-state index is 4.66. The van der Waals surface area contributed by atoms with Crippen LogP contribution in [0, 0.1) is 6.92 Å². The highest BCUT2D eigenvalue weighted by Gasteiger charge is 2.15. The molecule has 0 aliphatic carbocycles. The molecule has 2 N–H and O–H groups in total. The lowest BCUT2D eigenvalue weighted by atomic mass is 10.1. The normalized spacial score (nSPS) is 11.7. The summed E-state index contributed by atoms with van der Waals surface area (Å²) in [5.74, 6) is 0. The molecule has 6 rings (SSSR count). The molecule has 5 aromatic heterocycles. The van der Waals surface area contributed by atoms with Crippen LogP contribution in [0.5, 0.6) is 0 Å². The van der Waals surface area contributed by atoms with Crippen LogP contribution in [0.4, 0.5) is 0 Å². The molecule has 0 atom stereocenters. The van der Waals surface area contributed by atoms with Crippen molar-refractivity contribution in [2.75, 3.05) is 0 Å². The first-order valence-corrected chi connectivity index (χ1v) is 10.5. The topological polar surface area (TPSA) is 75.2 Å². The van der Waals surface area contributed by atoms with Crippen molar-refractivity contribution in [2.24, 2.45) is 7.05 Å². The van der Waals surface area contributed by atoms with Crippen molar-refractivity contribution in [3.05, 3.63) is 65.9 Å². The summed E-state index contributed by atoms with van der Waals surface area (Å²) in [6.45, 7) is 2.12. The second kappa shape index (κ2) is 6.40. The Kier molecular flexibility index (Phi) is 3.66. The maximum absolute atomic E-state index is 4.66. The number of fused-ring (bicyclic) bond motifs is 2. The summed E-state index contributed by atoms with van der Waals surface area (Å²) in [4.78, 5) is 10.6. The predicted molar refractivity (Wildman–Crippen MR) is 121 cm³/mol. The first-order valence-electron chi connectivity index (χ1n) is 9.68. The Morgan fingerprint density at radius 2 is 1.83 bits per heavy atom. The third kappa shape index (κ3) is 2.67. The SMILES string of the molecule is Cc1ccc(-c2nccc3[nH]c(-c4n[nH]c5ccc(-c6cnn(C)c6)cc45)cc23)s1. The molecule has 0 aliphatic heterocycles. The molecule has 7 heteroatoms. The van der Waals surface area contributed by atoms with E-state index in [-0.39, 0.29) is 0 Å². The lowest BCUT2D eigenvalue weighted by Gasteiger charge is -1.99. The van der Waals surface area contributed by atoms with Gasteiger partial charge in [0.2, 0.25) is 0 Å². The number of aryl methyl sites for hydroxylation is 2. The number of nitrogens with zero attached hydrogens (tertiary/aromatic N) is 4. The van der Waals surface area contributed by atoms with E-state index in [1.54, 1.807) is 11.3 Å². The van der Waals surface area contributed by atoms with Crippen molar-refractivity contribution < 1.29 is 0 Å². The van der Waals surface area contributed by atoms with Crippen molar-refractivity contribution >= 4 is 33.1 Å². The smallest absolute Gasteiger partial charge is 0.116 e. The van der Waals surface area contributed by atoms with Gasteiger partial charge in [0.15, 0.2) is 0 Å². The summed E-state index contributed by atoms with van der Waals surface area (Å²) in [5, 5.41) is 14.2. The van der Waals surface area contributed by atoms with Crippen LogP contribution >= 0.6 is 11.3 Å². The van der Waals surface area contributed by atoms with Gasteiger partial charge in [0.25, 0.3) is 0 Å². The fraction of sp³-hybridized carbons (Fsp3) is 0.0870. The maximum Gasteiger partial charge on any atom is 0.116 e. The van der Waals surface area contributed by atoms with Gasteiger partial charge in [-0.15, -0.1) is 11.3 Å². The number of hydrogen-bond acceptors (Lipinski definition) is 4. The molecule has 30 heavy (non-hydrogen) atoms. The number of hydrogen-bond donors (Lipinski definition) is 2. The Bertz CT molecular complexity index is 1530. The summed E-state index contributed by atoms with van der Waals surface area (Å²) in [6, 6.07) is 14.8. The number of rotatable bonds is 3. The molecule has 6 nitrogen and oxygen atoms in total. The highest BCUT2D eigenvalue weighted by atomic mass is 32.1. The Balaban J connectivity index is 1.52. The highest BCUT2D eigenvalue weighted by Crippen LogP contribution is 2.36. The molecule has 0 bridgehead atoms. The van der Waals surface area contributed by atoms with Gasteiger partial charge >= 0.3 is 0 Å². The number of aromatic nitrogens is 6. The second-order valence-corrected chi connectivity index (χ2v) is 8.74. The molecule has 0 radical (unpaired) electrons. The minimum Gasteiger partial charge on any atom is -0.353 e. The van der Waals surface area contributed by atoms with E-state index in [0.29, 0.717) is 0 Å². The molecule has 146 valence electrons. The van der Waals surface area contributed by atoms with E-state index in [4.69, 9.17) is 0 Å². The van der Waals surface area contributed by atoms with Crippen molar-refractivity contribution in [3.8, 4) is 33.1 Å². The third-order valence-electron chi connectivity index (χ3n) is 5.38. The van der Waals surface area contributed by atoms with Crippen LogP contribution in [0.1, 0.15) is 4.88 Å². The Morgan fingerprint density at radius 3 is 2.63 bits per heavy atom. The molecule has 0 saturated heterocycles. The van der Waals surface area contributed by atoms with Crippen LogP contribution in [-0.2, 0) is 7.05 Å². The summed E-state index contributed by atoms with van der Waals surface area (Å²) in [6.07, 6.45) is 5.76. The molecule has 0 amide bonds. The molecular formula is C23H18N6S. The average Bonchev–Trinajstić information content (AvgIpc) is 3.52. The molecule has 0 spiro atoms. The van der Waals surface area contributed by atoms with Gasteiger partial charge < -0.3 is 4.98 Å². The van der Waals surface area contributed by atoms with E-state index in [2.05, 4.69) is 68.6 Å². The fourth-order valence-corrected chi connectivity index (χ4v) is 4.79. The highest BCUT2D eigenvalue weighted by molar-refractivity contribution is 7.15. The first-order chi connectivity index (χ1) is 14.7. The van der Waals surface area contributed by atoms with Gasteiger partial charge in [0.05, 0.1) is 28.0 Å². The summed E-state index contributed by atoms with van der Waals surface area (Å²) >= 11 is 1.76. The summed E-state index contributed by atoms with van der Waals surface area (Å²) in [5.41, 5.74) is 7.14. The number of H-pyrrole nitrogens is 2. The van der Waals surface area contributed by atoms with E-state index >= 15 is 0 Å². The van der Waals surface area contributed by atoms with Crippen LogP contribution in [0.15, 0.2) is 61.1 Å². The zero-order valence-electron chi connectivity index (χ0n) is 16.5. The van der Waals surface area contributed by atoms with E-state index in [1.807, 2.05) is 36.4 Å². The van der Waals surface area contributed by atoms with Gasteiger partial charge in [-0.05, 0) is 48.9 Å². The fourth-order valence-electron chi connectivity index (χ4n) is 3.91. The largest absolute Gasteiger partial charge is 0.353 e. The third-order valence-corrected chi connectivity index (χ3v) is 6.39. The van der Waals surface area contributed by atoms with Crippen molar-refractivity contribution in [1.82, 2.24) is 29.9 Å². The average molecular weight is 411 g/mol. The van der Waals surface area contributed by atoms with E-state index in [1.165, 1.54) is 9.75 Å². The molecule has 0 saturated carbocycles. The van der Waals surface area contributed by atoms with Gasteiger partial charge in [-0.25, -0.2) is 0 Å². The van der Waals surface area contributed by atoms with Gasteiger partial charge in [0.1, 0.15) is 5.69 Å². The lowest BCUT2D eigenvalue weighted by Crippen LogP contribution is -1.84. The zero-order valence-corrected chi connectivity index (χ0v) is 17.3. The molecule has 0 fully saturated rings. The van der Waals surface area contributed by atoms with Crippen LogP contribution < -0.4 is 0 Å². The van der Waals surface area contributed by atoms with Crippen molar-refractivity contribution in [3.63, 3.8) is 0 Å². The zero-order chi connectivity index (χ0) is 20.2. The lowest BCUT2D eigenvalue weighted by molar-refractivity contribution is 0.768. The summed E-state index contributed by atoms with van der Waals surface area (Å²) < 4.78 is 1.81. The minimum atomic E-state index is 0.903. The molecule has 1 aromatic carbocycles. The summed E-state index contributed by atoms with van der Waals surface area (Å²) in [7, 11) is 1.93. The number of aromatic amines is 2. The number of pyridine rings is 1. The molecule has 0 unspecified atom stereocenters. The molecular weight excluding hydrogens is 392 g/mol. The standard InChI is InChI=1S/C23H18N6S/c1-13-3-6-21(30-13)23-17-10-20(26-18(17)7-8-24-23)22-16-9-14(4-5-19(16)27-28-22)15-11-25-29(2)12-15/h3-12,26H,1-2H3,(H,27,28). The molecule has 5 heterocycles. The first kappa shape index (κ1) is 17.2. The van der Waals surface area contributed by atoms with Gasteiger partial charge in [0, 0.05) is 46.2 Å². The van der Waals surface area contributed by atoms with Crippen LogP contribution in [0.25, 0.3) is 54.9 Å². The Hall–Kier alpha value is -3.71. The second-order valence-electron chi connectivity index (χ2n) is 7.45. The Labute approximate surface area is 176 Å². The van der Waals surface area contributed by atoms with Gasteiger partial charge in [-0.3, -0.25) is 14.8 Å². The van der Waals surface area contributed by atoms with Gasteiger partial charge in [-0.2, -0.15) is 10.2 Å². The van der Waals surface area contributed by atoms with Crippen LogP contribution in [0.2, 0.25) is 0 Å². The predicted octanol–water partition coefficient (Wildman–Crippen LogP) is 5.54. The van der Waals surface area contributed by atoms with E-state index in [0.717, 1.165) is 50.0 Å². The quantitative estimate of drug-likeness (QED) is 0.402. The molecule has 0 aliphatic rings. The number of benzene rings is 1. The van der Waals surface area contributed by atoms with Crippen molar-refractivity contribution in [1.29, 1.82) is 0 Å². The van der Waals surface area contributed by atoms with Crippen LogP contribution in [0.3, 0.4) is 0 Å². The van der Waals surface area contributed by atoms with Gasteiger partial charge in [-0.1, -0.05) is 6.07 Å². The van der Waals surface area contributed by atoms with Crippen molar-refractivity contribution in [2.45, 2.75) is 6.92 Å². The van der Waals surface area contributed by atoms with E-state index in [9.17, 15) is 0 Å². The number of thiophene rings is 1. The molecule has 6 aromatic rings.